The van der Waals surface area contributed by atoms with E-state index in [1.165, 1.54) is 7.11 Å². The molecule has 1 saturated carbocycles. The average Bonchev–Trinajstić information content (AvgIpc) is 2.60. The molecule has 0 radical (unpaired) electrons. The van der Waals surface area contributed by atoms with Gasteiger partial charge in [0, 0.05) is 6.54 Å². The first-order valence-electron chi connectivity index (χ1n) is 8.65. The molecule has 5 nitrogen and oxygen atoms in total. The number of amides is 1. The maximum atomic E-state index is 12.7. The molecule has 0 atom stereocenters. The molecule has 8 heteroatoms. The van der Waals surface area contributed by atoms with Crippen LogP contribution < -0.4 is 20.5 Å². The Kier molecular flexibility index (Phi) is 7.14. The number of rotatable bonds is 8. The molecule has 0 bridgehead atoms. The van der Waals surface area contributed by atoms with Gasteiger partial charge in [0.15, 0.2) is 18.1 Å². The molecule has 1 amide bonds. The van der Waals surface area contributed by atoms with E-state index in [0.29, 0.717) is 37.4 Å². The van der Waals surface area contributed by atoms with Crippen molar-refractivity contribution in [3.63, 3.8) is 0 Å². The Morgan fingerprint density at radius 1 is 1.23 bits per heavy atom. The van der Waals surface area contributed by atoms with E-state index in [9.17, 15) is 18.0 Å². The molecule has 146 valence electrons. The summed E-state index contributed by atoms with van der Waals surface area (Å²) in [7, 11) is 1.50. The number of benzene rings is 1. The maximum Gasteiger partial charge on any atom is 0.391 e. The van der Waals surface area contributed by atoms with E-state index in [-0.39, 0.29) is 25.4 Å². The van der Waals surface area contributed by atoms with Crippen LogP contribution in [0.5, 0.6) is 11.5 Å². The number of halogens is 3. The molecule has 0 unspecified atom stereocenters. The van der Waals surface area contributed by atoms with Gasteiger partial charge in [-0.3, -0.25) is 4.79 Å². The van der Waals surface area contributed by atoms with Gasteiger partial charge in [0.1, 0.15) is 0 Å². The second-order valence-corrected chi connectivity index (χ2v) is 6.63. The number of carbonyl (C=O) groups excluding carboxylic acids is 1. The number of alkyl halides is 3. The van der Waals surface area contributed by atoms with Crippen molar-refractivity contribution in [2.45, 2.75) is 38.4 Å². The minimum absolute atomic E-state index is 0.218. The number of ether oxygens (including phenoxy) is 2. The van der Waals surface area contributed by atoms with Crippen LogP contribution in [0.25, 0.3) is 0 Å². The summed E-state index contributed by atoms with van der Waals surface area (Å²) in [5.74, 6) is -0.514. The van der Waals surface area contributed by atoms with Gasteiger partial charge in [-0.2, -0.15) is 13.2 Å². The van der Waals surface area contributed by atoms with Gasteiger partial charge < -0.3 is 20.5 Å². The van der Waals surface area contributed by atoms with Crippen molar-refractivity contribution in [1.29, 1.82) is 0 Å². The van der Waals surface area contributed by atoms with Crippen LogP contribution in [-0.2, 0) is 11.3 Å². The second kappa shape index (κ2) is 9.12. The first-order chi connectivity index (χ1) is 12.3. The molecule has 1 aromatic rings. The number of nitrogens with two attached hydrogens (primary N) is 1. The van der Waals surface area contributed by atoms with Crippen molar-refractivity contribution in [3.05, 3.63) is 23.8 Å². The molecule has 0 aromatic heterocycles. The van der Waals surface area contributed by atoms with Crippen LogP contribution in [0.4, 0.5) is 13.2 Å². The van der Waals surface area contributed by atoms with Gasteiger partial charge >= 0.3 is 6.18 Å². The van der Waals surface area contributed by atoms with Crippen molar-refractivity contribution >= 4 is 5.91 Å². The fraction of sp³-hybridized carbons (Fsp3) is 0.611. The minimum Gasteiger partial charge on any atom is -0.493 e. The Hall–Kier alpha value is -1.96. The summed E-state index contributed by atoms with van der Waals surface area (Å²) < 4.78 is 48.6. The third-order valence-electron chi connectivity index (χ3n) is 4.67. The van der Waals surface area contributed by atoms with Crippen LogP contribution in [0.15, 0.2) is 18.2 Å². The van der Waals surface area contributed by atoms with Crippen LogP contribution in [0.2, 0.25) is 0 Å². The molecule has 0 spiro atoms. The van der Waals surface area contributed by atoms with Crippen molar-refractivity contribution in [3.8, 4) is 11.5 Å². The van der Waals surface area contributed by atoms with Crippen LogP contribution >= 0.6 is 0 Å². The first kappa shape index (κ1) is 20.4. The Labute approximate surface area is 151 Å². The lowest BCUT2D eigenvalue weighted by Gasteiger charge is -2.30. The number of methoxy groups -OCH3 is 1. The maximum absolute atomic E-state index is 12.7. The predicted molar refractivity (Wildman–Crippen MR) is 90.9 cm³/mol. The molecular weight excluding hydrogens is 349 g/mol. The Bertz CT molecular complexity index is 600. The number of hydrogen-bond acceptors (Lipinski definition) is 4. The smallest absolute Gasteiger partial charge is 0.391 e. The fourth-order valence-corrected chi connectivity index (χ4v) is 3.20. The topological polar surface area (TPSA) is 73.6 Å². The predicted octanol–water partition coefficient (Wildman–Crippen LogP) is 3.02. The van der Waals surface area contributed by atoms with E-state index in [1.54, 1.807) is 12.1 Å². The zero-order valence-electron chi connectivity index (χ0n) is 14.8. The van der Waals surface area contributed by atoms with E-state index < -0.39 is 18.0 Å². The van der Waals surface area contributed by atoms with Crippen molar-refractivity contribution in [2.75, 3.05) is 20.3 Å². The molecule has 0 heterocycles. The Balaban J connectivity index is 1.78. The summed E-state index contributed by atoms with van der Waals surface area (Å²) in [6.45, 7) is 1.03. The summed E-state index contributed by atoms with van der Waals surface area (Å²) in [5, 5.41) is 3.29. The monoisotopic (exact) mass is 374 g/mol. The van der Waals surface area contributed by atoms with Crippen LogP contribution in [-0.4, -0.2) is 32.3 Å². The van der Waals surface area contributed by atoms with Crippen LogP contribution in [0, 0.1) is 11.8 Å². The summed E-state index contributed by atoms with van der Waals surface area (Å²) >= 11 is 0. The summed E-state index contributed by atoms with van der Waals surface area (Å²) in [6, 6.07) is 5.34. The van der Waals surface area contributed by atoms with Gasteiger partial charge in [0.25, 0.3) is 5.91 Å². The number of hydrogen-bond donors (Lipinski definition) is 2. The normalized spacial score (nSPS) is 20.6. The zero-order chi connectivity index (χ0) is 19.2. The highest BCUT2D eigenvalue weighted by Crippen LogP contribution is 2.39. The molecular formula is C18H25F3N2O3. The molecule has 1 aliphatic rings. The highest BCUT2D eigenvalue weighted by Gasteiger charge is 2.41. The molecule has 0 aliphatic heterocycles. The molecule has 26 heavy (non-hydrogen) atoms. The van der Waals surface area contributed by atoms with Crippen molar-refractivity contribution in [2.24, 2.45) is 17.6 Å². The van der Waals surface area contributed by atoms with E-state index in [1.807, 2.05) is 6.07 Å². The largest absolute Gasteiger partial charge is 0.493 e. The highest BCUT2D eigenvalue weighted by molar-refractivity contribution is 5.75. The number of carbonyl (C=O) groups is 1. The molecule has 0 saturated heterocycles. The van der Waals surface area contributed by atoms with Gasteiger partial charge in [0.05, 0.1) is 13.0 Å². The molecule has 3 N–H and O–H groups in total. The fourth-order valence-electron chi connectivity index (χ4n) is 3.20. The SMILES string of the molecule is COc1cc(CNCC2CCC(C(F)(F)F)CC2)ccc1OCC(N)=O. The van der Waals surface area contributed by atoms with Gasteiger partial charge in [-0.25, -0.2) is 0 Å². The summed E-state index contributed by atoms with van der Waals surface area (Å²) in [5.41, 5.74) is 6.01. The lowest BCUT2D eigenvalue weighted by atomic mass is 9.81. The van der Waals surface area contributed by atoms with E-state index in [4.69, 9.17) is 15.2 Å². The van der Waals surface area contributed by atoms with Gasteiger partial charge in [-0.15, -0.1) is 0 Å². The molecule has 2 rings (SSSR count). The summed E-state index contributed by atoms with van der Waals surface area (Å²) in [6.07, 6.45) is -2.43. The zero-order valence-corrected chi connectivity index (χ0v) is 14.8. The summed E-state index contributed by atoms with van der Waals surface area (Å²) in [4.78, 5) is 10.8. The van der Waals surface area contributed by atoms with E-state index >= 15 is 0 Å². The Morgan fingerprint density at radius 2 is 1.92 bits per heavy atom. The van der Waals surface area contributed by atoms with E-state index in [0.717, 1.165) is 5.56 Å². The third kappa shape index (κ3) is 6.09. The van der Waals surface area contributed by atoms with Crippen LogP contribution in [0.3, 0.4) is 0 Å². The van der Waals surface area contributed by atoms with Gasteiger partial charge in [0.2, 0.25) is 0 Å². The average molecular weight is 374 g/mol. The quantitative estimate of drug-likeness (QED) is 0.734. The van der Waals surface area contributed by atoms with Gasteiger partial charge in [-0.05, 0) is 55.8 Å². The Morgan fingerprint density at radius 3 is 2.50 bits per heavy atom. The lowest BCUT2D eigenvalue weighted by Crippen LogP contribution is -2.31. The number of nitrogens with one attached hydrogen (secondary N) is 1. The minimum atomic E-state index is -4.06. The third-order valence-corrected chi connectivity index (χ3v) is 4.67. The molecule has 1 fully saturated rings. The van der Waals surface area contributed by atoms with Crippen molar-refractivity contribution < 1.29 is 27.4 Å². The molecule has 1 aromatic carbocycles. The highest BCUT2D eigenvalue weighted by atomic mass is 19.4. The second-order valence-electron chi connectivity index (χ2n) is 6.63. The first-order valence-corrected chi connectivity index (χ1v) is 8.65. The standard InChI is InChI=1S/C18H25F3N2O3/c1-25-16-8-13(4-7-15(16)26-11-17(22)24)10-23-9-12-2-5-14(6-3-12)18(19,20)21/h4,7-8,12,14,23H,2-3,5-6,9-11H2,1H3,(H2,22,24). The van der Waals surface area contributed by atoms with Gasteiger partial charge in [-0.1, -0.05) is 6.07 Å². The number of primary amides is 1. The van der Waals surface area contributed by atoms with Crippen molar-refractivity contribution in [1.82, 2.24) is 5.32 Å². The lowest BCUT2D eigenvalue weighted by molar-refractivity contribution is -0.183. The van der Waals surface area contributed by atoms with E-state index in [2.05, 4.69) is 5.32 Å². The van der Waals surface area contributed by atoms with Crippen LogP contribution in [0.1, 0.15) is 31.2 Å². The molecule has 1 aliphatic carbocycles.